The highest BCUT2D eigenvalue weighted by molar-refractivity contribution is 5.17. The summed E-state index contributed by atoms with van der Waals surface area (Å²) in [6.07, 6.45) is 12.2. The molecule has 3 fully saturated rings. The molecule has 3 aliphatic rings. The van der Waals surface area contributed by atoms with Gasteiger partial charge in [-0.2, -0.15) is 0 Å². The molecule has 1 spiro atoms. The van der Waals surface area contributed by atoms with E-state index in [1.165, 1.54) is 44.9 Å². The standard InChI is InChI=1S/C13H21NO/c1-2-5-13(6-3-1)7-4-12(15-13)8-11-9-14-10-11/h8,12,14H,1-7,9-10H2. The number of rotatable bonds is 1. The molecule has 2 aliphatic heterocycles. The molecule has 1 aliphatic carbocycles. The highest BCUT2D eigenvalue weighted by atomic mass is 16.5. The number of hydrogen-bond donors (Lipinski definition) is 1. The van der Waals surface area contributed by atoms with E-state index >= 15 is 0 Å². The van der Waals surface area contributed by atoms with Crippen molar-refractivity contribution in [2.45, 2.75) is 56.7 Å². The number of hydrogen-bond acceptors (Lipinski definition) is 2. The third-order valence-electron chi connectivity index (χ3n) is 4.18. The van der Waals surface area contributed by atoms with Crippen molar-refractivity contribution in [1.29, 1.82) is 0 Å². The van der Waals surface area contributed by atoms with Crippen LogP contribution in [0.15, 0.2) is 11.6 Å². The lowest BCUT2D eigenvalue weighted by Gasteiger charge is -2.33. The SMILES string of the molecule is C(=C1CNC1)C1CCC2(CCCCC2)O1. The fraction of sp³-hybridized carbons (Fsp3) is 0.846. The van der Waals surface area contributed by atoms with E-state index in [0.29, 0.717) is 6.10 Å². The van der Waals surface area contributed by atoms with Gasteiger partial charge in [-0.05, 0) is 31.3 Å². The van der Waals surface area contributed by atoms with E-state index in [0.717, 1.165) is 13.1 Å². The third kappa shape index (κ3) is 1.98. The second kappa shape index (κ2) is 3.91. The first-order chi connectivity index (χ1) is 7.36. The van der Waals surface area contributed by atoms with Gasteiger partial charge in [0.15, 0.2) is 0 Å². The van der Waals surface area contributed by atoms with Crippen molar-refractivity contribution in [2.75, 3.05) is 13.1 Å². The van der Waals surface area contributed by atoms with Crippen LogP contribution in [0, 0.1) is 0 Å². The Bertz CT molecular complexity index is 260. The molecule has 0 bridgehead atoms. The highest BCUT2D eigenvalue weighted by Crippen LogP contribution is 2.42. The Kier molecular flexibility index (Phi) is 2.57. The first-order valence-electron chi connectivity index (χ1n) is 6.44. The molecule has 3 rings (SSSR count). The lowest BCUT2D eigenvalue weighted by molar-refractivity contribution is -0.0484. The molecule has 0 aromatic heterocycles. The normalized spacial score (nSPS) is 34.1. The molecular weight excluding hydrogens is 186 g/mol. The summed E-state index contributed by atoms with van der Waals surface area (Å²) >= 11 is 0. The van der Waals surface area contributed by atoms with E-state index in [4.69, 9.17) is 4.74 Å². The minimum atomic E-state index is 0.289. The Morgan fingerprint density at radius 3 is 2.60 bits per heavy atom. The van der Waals surface area contributed by atoms with Crippen LogP contribution in [0.25, 0.3) is 0 Å². The van der Waals surface area contributed by atoms with Crippen LogP contribution in [-0.2, 0) is 4.74 Å². The second-order valence-electron chi connectivity index (χ2n) is 5.37. The van der Waals surface area contributed by atoms with Crippen LogP contribution in [0.5, 0.6) is 0 Å². The fourth-order valence-corrected chi connectivity index (χ4v) is 3.18. The topological polar surface area (TPSA) is 21.3 Å². The summed E-state index contributed by atoms with van der Waals surface area (Å²) in [6.45, 7) is 2.18. The molecular formula is C13H21NO. The molecule has 2 heterocycles. The van der Waals surface area contributed by atoms with Gasteiger partial charge in [-0.15, -0.1) is 0 Å². The van der Waals surface area contributed by atoms with E-state index in [1.807, 2.05) is 0 Å². The molecule has 1 N–H and O–H groups in total. The van der Waals surface area contributed by atoms with Crippen molar-refractivity contribution >= 4 is 0 Å². The van der Waals surface area contributed by atoms with Crippen LogP contribution in [0.1, 0.15) is 44.9 Å². The van der Waals surface area contributed by atoms with Gasteiger partial charge in [0.2, 0.25) is 0 Å². The Labute approximate surface area is 92.1 Å². The van der Waals surface area contributed by atoms with E-state index in [1.54, 1.807) is 5.57 Å². The minimum absolute atomic E-state index is 0.289. The van der Waals surface area contributed by atoms with Gasteiger partial charge in [0, 0.05) is 13.1 Å². The Balaban J connectivity index is 1.61. The molecule has 0 aromatic carbocycles. The molecule has 0 amide bonds. The van der Waals surface area contributed by atoms with Crippen LogP contribution >= 0.6 is 0 Å². The predicted molar refractivity (Wildman–Crippen MR) is 60.9 cm³/mol. The van der Waals surface area contributed by atoms with Crippen LogP contribution in [0.3, 0.4) is 0 Å². The average molecular weight is 207 g/mol. The van der Waals surface area contributed by atoms with Crippen LogP contribution in [0.4, 0.5) is 0 Å². The van der Waals surface area contributed by atoms with Gasteiger partial charge < -0.3 is 10.1 Å². The van der Waals surface area contributed by atoms with Gasteiger partial charge in [-0.25, -0.2) is 0 Å². The van der Waals surface area contributed by atoms with Crippen molar-refractivity contribution < 1.29 is 4.74 Å². The quantitative estimate of drug-likeness (QED) is 0.667. The summed E-state index contributed by atoms with van der Waals surface area (Å²) in [6, 6.07) is 0. The van der Waals surface area contributed by atoms with Gasteiger partial charge >= 0.3 is 0 Å². The fourth-order valence-electron chi connectivity index (χ4n) is 3.18. The van der Waals surface area contributed by atoms with Crippen LogP contribution in [-0.4, -0.2) is 24.8 Å². The van der Waals surface area contributed by atoms with E-state index < -0.39 is 0 Å². The summed E-state index contributed by atoms with van der Waals surface area (Å²) in [5.74, 6) is 0. The lowest BCUT2D eigenvalue weighted by atomic mass is 9.83. The smallest absolute Gasteiger partial charge is 0.0768 e. The molecule has 1 unspecified atom stereocenters. The van der Waals surface area contributed by atoms with E-state index in [2.05, 4.69) is 11.4 Å². The van der Waals surface area contributed by atoms with Crippen molar-refractivity contribution in [3.63, 3.8) is 0 Å². The maximum absolute atomic E-state index is 6.29. The zero-order valence-electron chi connectivity index (χ0n) is 9.43. The Morgan fingerprint density at radius 2 is 1.93 bits per heavy atom. The molecule has 2 heteroatoms. The molecule has 15 heavy (non-hydrogen) atoms. The lowest BCUT2D eigenvalue weighted by Crippen LogP contribution is -2.35. The maximum Gasteiger partial charge on any atom is 0.0768 e. The van der Waals surface area contributed by atoms with E-state index in [9.17, 15) is 0 Å². The molecule has 1 saturated carbocycles. The Morgan fingerprint density at radius 1 is 1.13 bits per heavy atom. The zero-order chi connectivity index (χ0) is 10.1. The first-order valence-corrected chi connectivity index (χ1v) is 6.44. The Hall–Kier alpha value is -0.340. The maximum atomic E-state index is 6.29. The van der Waals surface area contributed by atoms with Crippen molar-refractivity contribution in [1.82, 2.24) is 5.32 Å². The van der Waals surface area contributed by atoms with Crippen molar-refractivity contribution in [3.05, 3.63) is 11.6 Å². The predicted octanol–water partition coefficient (Wildman–Crippen LogP) is 2.40. The minimum Gasteiger partial charge on any atom is -0.368 e. The highest BCUT2D eigenvalue weighted by Gasteiger charge is 2.40. The van der Waals surface area contributed by atoms with E-state index in [-0.39, 0.29) is 5.60 Å². The summed E-state index contributed by atoms with van der Waals surface area (Å²) in [5, 5.41) is 3.28. The molecule has 1 atom stereocenters. The van der Waals surface area contributed by atoms with Crippen molar-refractivity contribution in [2.24, 2.45) is 0 Å². The molecule has 2 nitrogen and oxygen atoms in total. The van der Waals surface area contributed by atoms with Gasteiger partial charge in [0.05, 0.1) is 11.7 Å². The van der Waals surface area contributed by atoms with Gasteiger partial charge in [-0.3, -0.25) is 0 Å². The molecule has 84 valence electrons. The van der Waals surface area contributed by atoms with Crippen molar-refractivity contribution in [3.8, 4) is 0 Å². The molecule has 0 aromatic rings. The average Bonchev–Trinajstić information content (AvgIpc) is 2.57. The van der Waals surface area contributed by atoms with Crippen LogP contribution < -0.4 is 5.32 Å². The summed E-state index contributed by atoms with van der Waals surface area (Å²) in [4.78, 5) is 0. The van der Waals surface area contributed by atoms with Gasteiger partial charge in [0.25, 0.3) is 0 Å². The molecule has 2 saturated heterocycles. The monoisotopic (exact) mass is 207 g/mol. The van der Waals surface area contributed by atoms with Gasteiger partial charge in [-0.1, -0.05) is 25.3 Å². The largest absolute Gasteiger partial charge is 0.368 e. The van der Waals surface area contributed by atoms with Crippen LogP contribution in [0.2, 0.25) is 0 Å². The first kappa shape index (κ1) is 9.86. The zero-order valence-corrected chi connectivity index (χ0v) is 9.43. The third-order valence-corrected chi connectivity index (χ3v) is 4.18. The summed E-state index contributed by atoms with van der Waals surface area (Å²) in [5.41, 5.74) is 1.84. The number of ether oxygens (including phenoxy) is 1. The van der Waals surface area contributed by atoms with Gasteiger partial charge in [0.1, 0.15) is 0 Å². The summed E-state index contributed by atoms with van der Waals surface area (Å²) in [7, 11) is 0. The second-order valence-corrected chi connectivity index (χ2v) is 5.37. The number of nitrogens with one attached hydrogen (secondary N) is 1. The summed E-state index contributed by atoms with van der Waals surface area (Å²) < 4.78 is 6.29. The molecule has 0 radical (unpaired) electrons.